The second kappa shape index (κ2) is 5.22. The number of rotatable bonds is 0. The fourth-order valence-electron chi connectivity index (χ4n) is 2.06. The molecule has 0 nitrogen and oxygen atoms in total. The van der Waals surface area contributed by atoms with Crippen molar-refractivity contribution in [2.45, 2.75) is 4.90 Å². The first-order valence-electron chi connectivity index (χ1n) is 6.12. The Balaban J connectivity index is 2.07. The summed E-state index contributed by atoms with van der Waals surface area (Å²) in [5.74, 6) is 6.44. The first-order valence-corrected chi connectivity index (χ1v) is 6.56. The molecule has 0 aliphatic rings. The van der Waals surface area contributed by atoms with Crippen molar-refractivity contribution >= 4 is 23.4 Å². The third-order valence-electron chi connectivity index (χ3n) is 2.98. The fraction of sp³-hybridized carbons (Fsp3) is 0. The molecule has 0 radical (unpaired) electrons. The van der Waals surface area contributed by atoms with Crippen LogP contribution in [0, 0.1) is 11.8 Å². The van der Waals surface area contributed by atoms with Gasteiger partial charge in [0, 0.05) is 16.0 Å². The Labute approximate surface area is 118 Å². The molecule has 0 fully saturated rings. The average molecular weight is 260 g/mol. The quantitative estimate of drug-likeness (QED) is 0.445. The van der Waals surface area contributed by atoms with E-state index < -0.39 is 0 Å². The van der Waals surface area contributed by atoms with E-state index in [0.29, 0.717) is 0 Å². The minimum atomic E-state index is 0.935. The predicted octanol–water partition coefficient (Wildman–Crippen LogP) is 4.53. The maximum atomic E-state index is 4.33. The Morgan fingerprint density at radius 2 is 1.53 bits per heavy atom. The summed E-state index contributed by atoms with van der Waals surface area (Å²) in [5, 5.41) is 2.41. The van der Waals surface area contributed by atoms with E-state index in [1.54, 1.807) is 0 Å². The van der Waals surface area contributed by atoms with Crippen molar-refractivity contribution in [2.75, 3.05) is 0 Å². The van der Waals surface area contributed by atoms with Gasteiger partial charge in [-0.05, 0) is 35.0 Å². The molecule has 0 spiro atoms. The van der Waals surface area contributed by atoms with E-state index in [4.69, 9.17) is 0 Å². The molecule has 3 aromatic rings. The normalized spacial score (nSPS) is 9.95. The van der Waals surface area contributed by atoms with Gasteiger partial charge in [-0.3, -0.25) is 0 Å². The van der Waals surface area contributed by atoms with Gasteiger partial charge in [0.25, 0.3) is 0 Å². The Morgan fingerprint density at radius 3 is 2.42 bits per heavy atom. The molecule has 0 unspecified atom stereocenters. The Hall–Kier alpha value is -2.17. The first kappa shape index (κ1) is 11.9. The molecule has 0 bridgehead atoms. The molecule has 0 N–H and O–H groups in total. The van der Waals surface area contributed by atoms with Crippen LogP contribution < -0.4 is 0 Å². The number of hydrogen-bond acceptors (Lipinski definition) is 1. The third-order valence-corrected chi connectivity index (χ3v) is 3.26. The summed E-state index contributed by atoms with van der Waals surface area (Å²) in [4.78, 5) is 0.935. The van der Waals surface area contributed by atoms with Gasteiger partial charge >= 0.3 is 0 Å². The molecule has 1 heteroatoms. The number of fused-ring (bicyclic) bond motifs is 1. The molecule has 0 aliphatic carbocycles. The SMILES string of the molecule is Sc1cccc(C#Cc2cccc3ccccc23)c1. The monoisotopic (exact) mass is 260 g/mol. The lowest BCUT2D eigenvalue weighted by atomic mass is 10.0. The smallest absolute Gasteiger partial charge is 0.0327 e. The highest BCUT2D eigenvalue weighted by Gasteiger charge is 1.96. The molecule has 3 rings (SSSR count). The van der Waals surface area contributed by atoms with Crippen LogP contribution in [0.5, 0.6) is 0 Å². The van der Waals surface area contributed by atoms with Gasteiger partial charge in [0.05, 0.1) is 0 Å². The van der Waals surface area contributed by atoms with Crippen molar-refractivity contribution in [3.05, 3.63) is 77.9 Å². The molecular formula is C18H12S. The molecule has 0 saturated carbocycles. The van der Waals surface area contributed by atoms with Crippen molar-refractivity contribution in [3.63, 3.8) is 0 Å². The van der Waals surface area contributed by atoms with Gasteiger partial charge < -0.3 is 0 Å². The van der Waals surface area contributed by atoms with Crippen LogP contribution in [0.4, 0.5) is 0 Å². The third kappa shape index (κ3) is 2.65. The predicted molar refractivity (Wildman–Crippen MR) is 83.6 cm³/mol. The summed E-state index contributed by atoms with van der Waals surface area (Å²) in [6.45, 7) is 0. The van der Waals surface area contributed by atoms with E-state index in [1.165, 1.54) is 10.8 Å². The van der Waals surface area contributed by atoms with Crippen LogP contribution in [0.15, 0.2) is 71.6 Å². The van der Waals surface area contributed by atoms with Crippen LogP contribution in [-0.4, -0.2) is 0 Å². The van der Waals surface area contributed by atoms with Crippen molar-refractivity contribution in [3.8, 4) is 11.8 Å². The van der Waals surface area contributed by atoms with Crippen LogP contribution in [0.25, 0.3) is 10.8 Å². The van der Waals surface area contributed by atoms with Gasteiger partial charge in [-0.2, -0.15) is 0 Å². The molecule has 0 aromatic heterocycles. The second-order valence-electron chi connectivity index (χ2n) is 4.33. The highest BCUT2D eigenvalue weighted by Crippen LogP contribution is 2.17. The summed E-state index contributed by atoms with van der Waals surface area (Å²) >= 11 is 4.33. The van der Waals surface area contributed by atoms with E-state index in [1.807, 2.05) is 42.5 Å². The van der Waals surface area contributed by atoms with E-state index in [9.17, 15) is 0 Å². The maximum absolute atomic E-state index is 4.33. The molecule has 0 aliphatic heterocycles. The van der Waals surface area contributed by atoms with Gasteiger partial charge in [-0.15, -0.1) is 12.6 Å². The number of hydrogen-bond donors (Lipinski definition) is 1. The molecule has 90 valence electrons. The van der Waals surface area contributed by atoms with Crippen molar-refractivity contribution in [1.82, 2.24) is 0 Å². The van der Waals surface area contributed by atoms with Gasteiger partial charge in [0.15, 0.2) is 0 Å². The Kier molecular flexibility index (Phi) is 3.27. The Bertz CT molecular complexity index is 786. The van der Waals surface area contributed by atoms with E-state index >= 15 is 0 Å². The molecule has 19 heavy (non-hydrogen) atoms. The van der Waals surface area contributed by atoms with Gasteiger partial charge in [0.2, 0.25) is 0 Å². The van der Waals surface area contributed by atoms with Crippen LogP contribution >= 0.6 is 12.6 Å². The van der Waals surface area contributed by atoms with Crippen LogP contribution in [0.3, 0.4) is 0 Å². The zero-order valence-corrected chi connectivity index (χ0v) is 11.2. The standard InChI is InChI=1S/C18H12S/c19-17-9-3-5-14(13-17)11-12-16-8-4-7-15-6-1-2-10-18(15)16/h1-10,13,19H. The average Bonchev–Trinajstić information content (AvgIpc) is 2.45. The molecule has 0 heterocycles. The van der Waals surface area contributed by atoms with Gasteiger partial charge in [-0.25, -0.2) is 0 Å². The second-order valence-corrected chi connectivity index (χ2v) is 4.84. The molecule has 0 saturated heterocycles. The summed E-state index contributed by atoms with van der Waals surface area (Å²) in [5.41, 5.74) is 2.04. The largest absolute Gasteiger partial charge is 0.143 e. The maximum Gasteiger partial charge on any atom is 0.0327 e. The van der Waals surface area contributed by atoms with Crippen molar-refractivity contribution in [2.24, 2.45) is 0 Å². The van der Waals surface area contributed by atoms with E-state index in [-0.39, 0.29) is 0 Å². The summed E-state index contributed by atoms with van der Waals surface area (Å²) < 4.78 is 0. The van der Waals surface area contributed by atoms with Crippen molar-refractivity contribution in [1.29, 1.82) is 0 Å². The van der Waals surface area contributed by atoms with Crippen molar-refractivity contribution < 1.29 is 0 Å². The lowest BCUT2D eigenvalue weighted by molar-refractivity contribution is 1.45. The number of thiol groups is 1. The highest BCUT2D eigenvalue weighted by atomic mass is 32.1. The minimum Gasteiger partial charge on any atom is -0.143 e. The zero-order chi connectivity index (χ0) is 13.1. The minimum absolute atomic E-state index is 0.935. The lowest BCUT2D eigenvalue weighted by Gasteiger charge is -1.99. The Morgan fingerprint density at radius 1 is 0.737 bits per heavy atom. The van der Waals surface area contributed by atoms with Gasteiger partial charge in [-0.1, -0.05) is 54.3 Å². The van der Waals surface area contributed by atoms with E-state index in [0.717, 1.165) is 16.0 Å². The highest BCUT2D eigenvalue weighted by molar-refractivity contribution is 7.80. The van der Waals surface area contributed by atoms with Crippen LogP contribution in [0.2, 0.25) is 0 Å². The summed E-state index contributed by atoms with van der Waals surface area (Å²) in [6.07, 6.45) is 0. The lowest BCUT2D eigenvalue weighted by Crippen LogP contribution is -1.80. The first-order chi connectivity index (χ1) is 9.33. The fourth-order valence-corrected chi connectivity index (χ4v) is 2.28. The molecule has 0 amide bonds. The van der Waals surface area contributed by atoms with E-state index in [2.05, 4.69) is 48.7 Å². The molecule has 0 atom stereocenters. The summed E-state index contributed by atoms with van der Waals surface area (Å²) in [6, 6.07) is 22.4. The zero-order valence-electron chi connectivity index (χ0n) is 10.3. The van der Waals surface area contributed by atoms with Gasteiger partial charge in [0.1, 0.15) is 0 Å². The van der Waals surface area contributed by atoms with Crippen LogP contribution in [-0.2, 0) is 0 Å². The molecular weight excluding hydrogens is 248 g/mol. The topological polar surface area (TPSA) is 0 Å². The summed E-state index contributed by atoms with van der Waals surface area (Å²) in [7, 11) is 0. The van der Waals surface area contributed by atoms with Crippen LogP contribution in [0.1, 0.15) is 11.1 Å². The molecule has 3 aromatic carbocycles. The number of benzene rings is 3.